The van der Waals surface area contributed by atoms with Crippen LogP contribution in [0.1, 0.15) is 18.4 Å². The molecule has 0 aromatic heterocycles. The molecular formula is C16H16N2O3. The summed E-state index contributed by atoms with van der Waals surface area (Å²) in [4.78, 5) is 12.5. The lowest BCUT2D eigenvalue weighted by atomic mass is 10.1. The molecule has 0 bridgehead atoms. The van der Waals surface area contributed by atoms with Gasteiger partial charge in [0.15, 0.2) is 17.3 Å². The average molecular weight is 284 g/mol. The van der Waals surface area contributed by atoms with E-state index in [0.29, 0.717) is 0 Å². The van der Waals surface area contributed by atoms with Crippen molar-refractivity contribution in [2.24, 2.45) is 0 Å². The van der Waals surface area contributed by atoms with E-state index in [-0.39, 0.29) is 12.6 Å². The second-order valence-corrected chi connectivity index (χ2v) is 5.32. The van der Waals surface area contributed by atoms with Crippen molar-refractivity contribution < 1.29 is 14.3 Å². The molecule has 2 fully saturated rings. The Morgan fingerprint density at radius 2 is 1.86 bits per heavy atom. The van der Waals surface area contributed by atoms with E-state index in [0.717, 1.165) is 60.0 Å². The molecule has 0 spiro atoms. The fourth-order valence-electron chi connectivity index (χ4n) is 2.91. The molecule has 0 amide bonds. The number of Topliss-reactive ketones (excluding diaryl/α,β-unsaturated/α-hetero) is 1. The maximum atomic E-state index is 12.5. The summed E-state index contributed by atoms with van der Waals surface area (Å²) in [5.41, 5.74) is 2.70. The monoisotopic (exact) mass is 284 g/mol. The molecule has 4 rings (SSSR count). The van der Waals surface area contributed by atoms with Gasteiger partial charge in [-0.05, 0) is 36.6 Å². The van der Waals surface area contributed by atoms with Crippen molar-refractivity contribution >= 4 is 11.9 Å². The van der Waals surface area contributed by atoms with Crippen LogP contribution in [-0.4, -0.2) is 25.7 Å². The first kappa shape index (κ1) is 12.3. The van der Waals surface area contributed by atoms with Gasteiger partial charge in [-0.2, -0.15) is 0 Å². The molecule has 0 unspecified atom stereocenters. The Kier molecular flexibility index (Phi) is 2.84. The molecule has 1 saturated heterocycles. The van der Waals surface area contributed by atoms with E-state index >= 15 is 0 Å². The minimum atomic E-state index is 0.143. The highest BCUT2D eigenvalue weighted by Crippen LogP contribution is 2.35. The summed E-state index contributed by atoms with van der Waals surface area (Å²) in [6, 6.07) is 5.75. The summed E-state index contributed by atoms with van der Waals surface area (Å²) in [6.45, 7) is 2.03. The van der Waals surface area contributed by atoms with E-state index < -0.39 is 0 Å². The Morgan fingerprint density at radius 3 is 2.71 bits per heavy atom. The fourth-order valence-corrected chi connectivity index (χ4v) is 2.91. The van der Waals surface area contributed by atoms with Crippen LogP contribution in [-0.2, 0) is 4.79 Å². The van der Waals surface area contributed by atoms with E-state index in [1.54, 1.807) is 0 Å². The molecule has 2 aliphatic heterocycles. The maximum Gasteiger partial charge on any atom is 0.231 e. The number of ketones is 1. The van der Waals surface area contributed by atoms with Crippen LogP contribution in [0.15, 0.2) is 35.2 Å². The van der Waals surface area contributed by atoms with Crippen molar-refractivity contribution in [2.75, 3.05) is 19.9 Å². The molecule has 2 N–H and O–H groups in total. The number of rotatable bonds is 1. The summed E-state index contributed by atoms with van der Waals surface area (Å²) in [6.07, 6.45) is 3.53. The van der Waals surface area contributed by atoms with Crippen LogP contribution in [0.2, 0.25) is 0 Å². The number of fused-ring (bicyclic) bond motifs is 1. The summed E-state index contributed by atoms with van der Waals surface area (Å²) >= 11 is 0. The minimum Gasteiger partial charge on any atom is -0.454 e. The standard InChI is InChI=1S/C16H16N2O3/c19-15-11(2-3-12(15)16-17-5-6-18-16)7-10-1-4-13-14(8-10)21-9-20-13/h1,4,7-8,17-18H,2-3,5-6,9H2/b11-7+. The molecule has 0 radical (unpaired) electrons. The van der Waals surface area contributed by atoms with Crippen LogP contribution < -0.4 is 20.1 Å². The Hall–Kier alpha value is -2.43. The largest absolute Gasteiger partial charge is 0.454 e. The Morgan fingerprint density at radius 1 is 1.05 bits per heavy atom. The first-order valence-electron chi connectivity index (χ1n) is 7.17. The second kappa shape index (κ2) is 4.84. The van der Waals surface area contributed by atoms with Crippen LogP contribution in [0, 0.1) is 0 Å². The molecule has 21 heavy (non-hydrogen) atoms. The highest BCUT2D eigenvalue weighted by Gasteiger charge is 2.27. The van der Waals surface area contributed by atoms with Gasteiger partial charge in [0.2, 0.25) is 6.79 Å². The maximum absolute atomic E-state index is 12.5. The zero-order valence-electron chi connectivity index (χ0n) is 11.6. The van der Waals surface area contributed by atoms with Crippen LogP contribution in [0.5, 0.6) is 11.5 Å². The summed E-state index contributed by atoms with van der Waals surface area (Å²) < 4.78 is 10.7. The zero-order valence-corrected chi connectivity index (χ0v) is 11.6. The highest BCUT2D eigenvalue weighted by atomic mass is 16.7. The summed E-state index contributed by atoms with van der Waals surface area (Å²) in [5.74, 6) is 2.56. The number of nitrogens with one attached hydrogen (secondary N) is 2. The number of ether oxygens (including phenoxy) is 2. The van der Waals surface area contributed by atoms with Gasteiger partial charge in [0.25, 0.3) is 0 Å². The Bertz CT molecular complexity index is 668. The van der Waals surface area contributed by atoms with E-state index in [2.05, 4.69) is 10.6 Å². The van der Waals surface area contributed by atoms with Crippen molar-refractivity contribution in [1.29, 1.82) is 0 Å². The fraction of sp³-hybridized carbons (Fsp3) is 0.312. The third-order valence-corrected chi connectivity index (χ3v) is 3.98. The lowest BCUT2D eigenvalue weighted by molar-refractivity contribution is -0.111. The third kappa shape index (κ3) is 2.14. The number of carbonyl (C=O) groups excluding carboxylic acids is 1. The predicted molar refractivity (Wildman–Crippen MR) is 77.8 cm³/mol. The van der Waals surface area contributed by atoms with Gasteiger partial charge in [0, 0.05) is 24.2 Å². The smallest absolute Gasteiger partial charge is 0.231 e. The van der Waals surface area contributed by atoms with Gasteiger partial charge in [-0.25, -0.2) is 0 Å². The highest BCUT2D eigenvalue weighted by molar-refractivity contribution is 6.13. The quantitative estimate of drug-likeness (QED) is 0.767. The van der Waals surface area contributed by atoms with E-state index in [1.165, 1.54) is 0 Å². The minimum absolute atomic E-state index is 0.143. The predicted octanol–water partition coefficient (Wildman–Crippen LogP) is 1.57. The topological polar surface area (TPSA) is 59.6 Å². The Labute approximate surface area is 122 Å². The van der Waals surface area contributed by atoms with Crippen molar-refractivity contribution in [3.05, 3.63) is 40.7 Å². The first-order chi connectivity index (χ1) is 10.3. The third-order valence-electron chi connectivity index (χ3n) is 3.98. The van der Waals surface area contributed by atoms with Crippen molar-refractivity contribution in [2.45, 2.75) is 12.8 Å². The van der Waals surface area contributed by atoms with Gasteiger partial charge in [-0.3, -0.25) is 4.79 Å². The molecule has 0 atom stereocenters. The van der Waals surface area contributed by atoms with Crippen molar-refractivity contribution in [3.63, 3.8) is 0 Å². The number of carbonyl (C=O) groups is 1. The molecule has 5 nitrogen and oxygen atoms in total. The van der Waals surface area contributed by atoms with E-state index in [4.69, 9.17) is 9.47 Å². The number of benzene rings is 1. The molecular weight excluding hydrogens is 268 g/mol. The normalized spacial score (nSPS) is 21.9. The zero-order chi connectivity index (χ0) is 14.2. The van der Waals surface area contributed by atoms with Crippen LogP contribution in [0.4, 0.5) is 0 Å². The van der Waals surface area contributed by atoms with Crippen LogP contribution in [0.25, 0.3) is 6.08 Å². The summed E-state index contributed by atoms with van der Waals surface area (Å²) in [7, 11) is 0. The van der Waals surface area contributed by atoms with Gasteiger partial charge in [-0.15, -0.1) is 0 Å². The van der Waals surface area contributed by atoms with Gasteiger partial charge in [-0.1, -0.05) is 6.07 Å². The van der Waals surface area contributed by atoms with Gasteiger partial charge < -0.3 is 20.1 Å². The van der Waals surface area contributed by atoms with Gasteiger partial charge in [0.1, 0.15) is 5.82 Å². The SMILES string of the molecule is O=C1C(=C2NCCN2)CC/C1=C\c1ccc2c(c1)OCO2. The average Bonchev–Trinajstić information content (AvgIpc) is 3.20. The molecule has 2 heterocycles. The van der Waals surface area contributed by atoms with Gasteiger partial charge in [0.05, 0.1) is 0 Å². The molecule has 1 saturated carbocycles. The van der Waals surface area contributed by atoms with Crippen LogP contribution >= 0.6 is 0 Å². The van der Waals surface area contributed by atoms with E-state index in [9.17, 15) is 4.79 Å². The molecule has 5 heteroatoms. The molecule has 3 aliphatic rings. The lowest BCUT2D eigenvalue weighted by Gasteiger charge is -2.03. The van der Waals surface area contributed by atoms with Crippen molar-refractivity contribution in [3.8, 4) is 11.5 Å². The molecule has 1 aromatic carbocycles. The van der Waals surface area contributed by atoms with E-state index in [1.807, 2.05) is 24.3 Å². The first-order valence-corrected chi connectivity index (χ1v) is 7.17. The number of hydrogen-bond acceptors (Lipinski definition) is 5. The molecule has 108 valence electrons. The van der Waals surface area contributed by atoms with Crippen LogP contribution in [0.3, 0.4) is 0 Å². The molecule has 1 aromatic rings. The second-order valence-electron chi connectivity index (χ2n) is 5.32. The Balaban J connectivity index is 1.62. The summed E-state index contributed by atoms with van der Waals surface area (Å²) in [5, 5.41) is 6.46. The number of allylic oxidation sites excluding steroid dienone is 2. The lowest BCUT2D eigenvalue weighted by Crippen LogP contribution is -2.15. The van der Waals surface area contributed by atoms with Gasteiger partial charge >= 0.3 is 0 Å². The van der Waals surface area contributed by atoms with Crippen molar-refractivity contribution in [1.82, 2.24) is 10.6 Å². The number of hydrogen-bond donors (Lipinski definition) is 2. The molecule has 1 aliphatic carbocycles.